The van der Waals surface area contributed by atoms with E-state index < -0.39 is 0 Å². The molecule has 1 nitrogen and oxygen atoms in total. The number of rotatable bonds is 13. The van der Waals surface area contributed by atoms with E-state index >= 15 is 0 Å². The number of unbranched alkanes of at least 4 members (excludes halogenated alkanes) is 7. The Kier molecular flexibility index (Phi) is 10.9. The van der Waals surface area contributed by atoms with Gasteiger partial charge >= 0.3 is 0 Å². The van der Waals surface area contributed by atoms with Crippen LogP contribution in [0.1, 0.15) is 121 Å². The Balaban J connectivity index is 1.70. The molecule has 1 aliphatic rings. The lowest BCUT2D eigenvalue weighted by molar-refractivity contribution is 0.302. The molecular weight excluding hydrogens is 326 g/mol. The molecule has 154 valence electrons. The Labute approximate surface area is 169 Å². The van der Waals surface area contributed by atoms with Crippen LogP contribution in [0.15, 0.2) is 18.2 Å². The summed E-state index contributed by atoms with van der Waals surface area (Å²) in [7, 11) is 0. The lowest BCUT2D eigenvalue weighted by atomic mass is 9.76. The molecule has 0 saturated heterocycles. The van der Waals surface area contributed by atoms with E-state index in [-0.39, 0.29) is 0 Å². The van der Waals surface area contributed by atoms with Crippen molar-refractivity contribution in [2.45, 2.75) is 117 Å². The molecular formula is C26H45N. The van der Waals surface area contributed by atoms with E-state index in [0.29, 0.717) is 0 Å². The van der Waals surface area contributed by atoms with Gasteiger partial charge in [-0.05, 0) is 74.1 Å². The van der Waals surface area contributed by atoms with Crippen molar-refractivity contribution in [1.82, 2.24) is 0 Å². The van der Waals surface area contributed by atoms with Gasteiger partial charge in [-0.2, -0.15) is 0 Å². The average Bonchev–Trinajstić information content (AvgIpc) is 2.68. The second-order valence-electron chi connectivity index (χ2n) is 8.98. The molecule has 0 unspecified atom stereocenters. The Morgan fingerprint density at radius 1 is 0.815 bits per heavy atom. The van der Waals surface area contributed by atoms with Gasteiger partial charge in [0.2, 0.25) is 0 Å². The van der Waals surface area contributed by atoms with Gasteiger partial charge in [0, 0.05) is 12.2 Å². The summed E-state index contributed by atoms with van der Waals surface area (Å²) in [6.45, 7) is 8.03. The van der Waals surface area contributed by atoms with Crippen LogP contribution in [-0.4, -0.2) is 6.54 Å². The molecule has 0 bridgehead atoms. The maximum Gasteiger partial charge on any atom is 0.0343 e. The maximum absolute atomic E-state index is 3.64. The van der Waals surface area contributed by atoms with Crippen LogP contribution in [0.25, 0.3) is 0 Å². The van der Waals surface area contributed by atoms with Gasteiger partial charge in [-0.25, -0.2) is 0 Å². The first-order chi connectivity index (χ1) is 13.2. The molecule has 1 saturated carbocycles. The highest BCUT2D eigenvalue weighted by Crippen LogP contribution is 2.39. The Bertz CT molecular complexity index is 499. The van der Waals surface area contributed by atoms with E-state index in [1.807, 2.05) is 0 Å². The summed E-state index contributed by atoms with van der Waals surface area (Å²) in [6, 6.07) is 7.13. The minimum Gasteiger partial charge on any atom is -0.385 e. The third-order valence-corrected chi connectivity index (χ3v) is 6.63. The standard InChI is InChI=1S/C26H45N/c1-4-6-8-9-10-12-20-27-25-18-19-26(22(3)21-25)24-16-14-23(15-17-24)13-11-7-5-2/h18-19,21,23-24,27H,4-17,20H2,1-3H3/t23-,24-. The first kappa shape index (κ1) is 22.3. The Morgan fingerprint density at radius 3 is 2.19 bits per heavy atom. The average molecular weight is 372 g/mol. The molecule has 0 amide bonds. The molecule has 0 spiro atoms. The molecule has 0 aromatic heterocycles. The fourth-order valence-corrected chi connectivity index (χ4v) is 4.83. The molecule has 1 aliphatic carbocycles. The number of aryl methyl sites for hydroxylation is 1. The van der Waals surface area contributed by atoms with Crippen molar-refractivity contribution in [2.24, 2.45) is 5.92 Å². The third-order valence-electron chi connectivity index (χ3n) is 6.63. The summed E-state index contributed by atoms with van der Waals surface area (Å²) in [4.78, 5) is 0. The van der Waals surface area contributed by atoms with Crippen LogP contribution >= 0.6 is 0 Å². The Morgan fingerprint density at radius 2 is 1.48 bits per heavy atom. The lowest BCUT2D eigenvalue weighted by Gasteiger charge is -2.30. The summed E-state index contributed by atoms with van der Waals surface area (Å²) in [6.07, 6.45) is 19.6. The van der Waals surface area contributed by atoms with Crippen molar-refractivity contribution in [3.05, 3.63) is 29.3 Å². The van der Waals surface area contributed by atoms with Crippen molar-refractivity contribution < 1.29 is 0 Å². The van der Waals surface area contributed by atoms with E-state index in [0.717, 1.165) is 18.4 Å². The topological polar surface area (TPSA) is 12.0 Å². The smallest absolute Gasteiger partial charge is 0.0343 e. The van der Waals surface area contributed by atoms with Gasteiger partial charge < -0.3 is 5.32 Å². The monoisotopic (exact) mass is 371 g/mol. The summed E-state index contributed by atoms with van der Waals surface area (Å²) in [5.74, 6) is 1.81. The van der Waals surface area contributed by atoms with Gasteiger partial charge in [-0.15, -0.1) is 0 Å². The molecule has 2 rings (SSSR count). The van der Waals surface area contributed by atoms with Crippen LogP contribution in [0.5, 0.6) is 0 Å². The fraction of sp³-hybridized carbons (Fsp3) is 0.769. The molecule has 0 heterocycles. The zero-order chi connectivity index (χ0) is 19.3. The van der Waals surface area contributed by atoms with Crippen LogP contribution in [0.2, 0.25) is 0 Å². The van der Waals surface area contributed by atoms with Crippen molar-refractivity contribution >= 4 is 5.69 Å². The normalized spacial score (nSPS) is 20.0. The van der Waals surface area contributed by atoms with Crippen molar-refractivity contribution in [1.29, 1.82) is 0 Å². The van der Waals surface area contributed by atoms with E-state index in [1.165, 1.54) is 101 Å². The second-order valence-corrected chi connectivity index (χ2v) is 8.98. The third kappa shape index (κ3) is 8.28. The van der Waals surface area contributed by atoms with Crippen molar-refractivity contribution in [3.63, 3.8) is 0 Å². The number of nitrogens with one attached hydrogen (secondary N) is 1. The van der Waals surface area contributed by atoms with Gasteiger partial charge in [-0.1, -0.05) is 77.7 Å². The highest BCUT2D eigenvalue weighted by Gasteiger charge is 2.23. The molecule has 27 heavy (non-hydrogen) atoms. The second kappa shape index (κ2) is 13.2. The number of anilines is 1. The highest BCUT2D eigenvalue weighted by molar-refractivity contribution is 5.49. The van der Waals surface area contributed by atoms with Gasteiger partial charge in [0.15, 0.2) is 0 Å². The maximum atomic E-state index is 3.64. The molecule has 1 aromatic rings. The van der Waals surface area contributed by atoms with Crippen LogP contribution < -0.4 is 5.32 Å². The number of benzene rings is 1. The molecule has 1 heteroatoms. The highest BCUT2D eigenvalue weighted by atomic mass is 14.9. The van der Waals surface area contributed by atoms with Crippen LogP contribution in [-0.2, 0) is 0 Å². The lowest BCUT2D eigenvalue weighted by Crippen LogP contribution is -2.14. The first-order valence-corrected chi connectivity index (χ1v) is 12.1. The predicted octanol–water partition coefficient (Wildman–Crippen LogP) is 8.62. The van der Waals surface area contributed by atoms with E-state index in [2.05, 4.69) is 44.3 Å². The van der Waals surface area contributed by atoms with Gasteiger partial charge in [0.1, 0.15) is 0 Å². The zero-order valence-electron chi connectivity index (χ0n) is 18.5. The first-order valence-electron chi connectivity index (χ1n) is 12.1. The van der Waals surface area contributed by atoms with Gasteiger partial charge in [0.05, 0.1) is 0 Å². The van der Waals surface area contributed by atoms with Crippen LogP contribution in [0.4, 0.5) is 5.69 Å². The molecule has 0 atom stereocenters. The minimum absolute atomic E-state index is 0.806. The molecule has 1 fully saturated rings. The van der Waals surface area contributed by atoms with Crippen molar-refractivity contribution in [2.75, 3.05) is 11.9 Å². The van der Waals surface area contributed by atoms with Crippen LogP contribution in [0, 0.1) is 12.8 Å². The van der Waals surface area contributed by atoms with E-state index in [1.54, 1.807) is 5.56 Å². The summed E-state index contributed by atoms with van der Waals surface area (Å²) in [5.41, 5.74) is 4.43. The molecule has 0 aliphatic heterocycles. The number of hydrogen-bond acceptors (Lipinski definition) is 1. The Hall–Kier alpha value is -0.980. The predicted molar refractivity (Wildman–Crippen MR) is 122 cm³/mol. The summed E-state index contributed by atoms with van der Waals surface area (Å²) >= 11 is 0. The van der Waals surface area contributed by atoms with Gasteiger partial charge in [-0.3, -0.25) is 0 Å². The number of hydrogen-bond donors (Lipinski definition) is 1. The minimum atomic E-state index is 0.806. The fourth-order valence-electron chi connectivity index (χ4n) is 4.83. The van der Waals surface area contributed by atoms with E-state index in [4.69, 9.17) is 0 Å². The van der Waals surface area contributed by atoms with E-state index in [9.17, 15) is 0 Å². The quantitative estimate of drug-likeness (QED) is 0.342. The molecule has 1 N–H and O–H groups in total. The van der Waals surface area contributed by atoms with Gasteiger partial charge in [0.25, 0.3) is 0 Å². The zero-order valence-corrected chi connectivity index (χ0v) is 18.5. The largest absolute Gasteiger partial charge is 0.385 e. The molecule has 0 radical (unpaired) electrons. The summed E-state index contributed by atoms with van der Waals surface area (Å²) < 4.78 is 0. The SMILES string of the molecule is CCCCCCCCNc1ccc([C@H]2CC[C@H](CCCCC)CC2)c(C)c1. The van der Waals surface area contributed by atoms with Crippen LogP contribution in [0.3, 0.4) is 0 Å². The van der Waals surface area contributed by atoms with Crippen molar-refractivity contribution in [3.8, 4) is 0 Å². The summed E-state index contributed by atoms with van der Waals surface area (Å²) in [5, 5.41) is 3.64. The molecule has 1 aromatic carbocycles.